The highest BCUT2D eigenvalue weighted by Crippen LogP contribution is 2.48. The number of hydrogen-bond donors (Lipinski definition) is 0. The van der Waals surface area contributed by atoms with Crippen molar-refractivity contribution in [1.29, 1.82) is 0 Å². The third-order valence-corrected chi connectivity index (χ3v) is 11.9. The van der Waals surface area contributed by atoms with Gasteiger partial charge in [0, 0.05) is 24.0 Å². The molecule has 10 nitrogen and oxygen atoms in total. The standard InChI is InChI=1S/C41H42F2N6O4/c1-7-26-28(42)14-12-24-10-8-11-27(30(24)26)33-32(43)34-31-36(46-38(45-34)51-21-41-17-9-18-47(41)19-16-22(41)2)48-20-25-13-15-29(35(48)23(3)52-37(31)44-33)49(25)39(50)53-40(4,5)6/h1,8,10-12,14,23,25,29,35H,2,9,13,15-21H2,3-6H3/t23-,25+,29-,35+,41?/m0/s1. The van der Waals surface area contributed by atoms with E-state index in [1.54, 1.807) is 24.3 Å². The van der Waals surface area contributed by atoms with Gasteiger partial charge in [0.25, 0.3) is 0 Å². The number of amides is 1. The van der Waals surface area contributed by atoms with Gasteiger partial charge in [-0.2, -0.15) is 9.97 Å². The number of halogens is 2. The Morgan fingerprint density at radius 1 is 1.13 bits per heavy atom. The van der Waals surface area contributed by atoms with E-state index in [0.717, 1.165) is 50.8 Å². The first kappa shape index (κ1) is 33.8. The zero-order valence-corrected chi connectivity index (χ0v) is 30.4. The van der Waals surface area contributed by atoms with E-state index in [-0.39, 0.29) is 65.0 Å². The summed E-state index contributed by atoms with van der Waals surface area (Å²) in [6.45, 7) is 14.5. The molecule has 0 spiro atoms. The van der Waals surface area contributed by atoms with Crippen molar-refractivity contribution < 1.29 is 27.8 Å². The highest BCUT2D eigenvalue weighted by molar-refractivity contribution is 6.03. The summed E-state index contributed by atoms with van der Waals surface area (Å²) in [5, 5.41) is 1.31. The fourth-order valence-electron chi connectivity index (χ4n) is 9.57. The average molecular weight is 721 g/mol. The van der Waals surface area contributed by atoms with Crippen molar-refractivity contribution in [2.45, 2.75) is 95.2 Å². The molecule has 0 radical (unpaired) electrons. The van der Waals surface area contributed by atoms with E-state index in [0.29, 0.717) is 34.1 Å². The number of carbonyl (C=O) groups is 1. The molecular weight excluding hydrogens is 678 g/mol. The Hall–Kier alpha value is -5.02. The van der Waals surface area contributed by atoms with Gasteiger partial charge in [-0.05, 0) is 77.8 Å². The van der Waals surface area contributed by atoms with Crippen molar-refractivity contribution in [2.75, 3.05) is 31.1 Å². The summed E-state index contributed by atoms with van der Waals surface area (Å²) in [7, 11) is 0. The van der Waals surface area contributed by atoms with Gasteiger partial charge >= 0.3 is 12.1 Å². The predicted molar refractivity (Wildman–Crippen MR) is 197 cm³/mol. The third-order valence-electron chi connectivity index (χ3n) is 11.9. The van der Waals surface area contributed by atoms with Gasteiger partial charge < -0.3 is 19.1 Å². The number of benzene rings is 2. The largest absolute Gasteiger partial charge is 0.472 e. The van der Waals surface area contributed by atoms with E-state index < -0.39 is 23.3 Å². The van der Waals surface area contributed by atoms with Gasteiger partial charge in [0.05, 0.1) is 29.2 Å². The second-order valence-corrected chi connectivity index (χ2v) is 16.0. The molecule has 12 heteroatoms. The van der Waals surface area contributed by atoms with E-state index in [4.69, 9.17) is 35.6 Å². The Morgan fingerprint density at radius 2 is 1.96 bits per heavy atom. The molecule has 7 heterocycles. The van der Waals surface area contributed by atoms with Crippen LogP contribution in [0.25, 0.3) is 32.9 Å². The van der Waals surface area contributed by atoms with Crippen molar-refractivity contribution in [3.8, 4) is 35.5 Å². The number of hydrogen-bond acceptors (Lipinski definition) is 9. The van der Waals surface area contributed by atoms with Gasteiger partial charge in [0.15, 0.2) is 5.82 Å². The molecule has 5 atom stereocenters. The Morgan fingerprint density at radius 3 is 2.75 bits per heavy atom. The van der Waals surface area contributed by atoms with Crippen LogP contribution in [0.4, 0.5) is 19.4 Å². The highest BCUT2D eigenvalue weighted by Gasteiger charge is 2.54. The second kappa shape index (κ2) is 12.0. The van der Waals surface area contributed by atoms with Crippen molar-refractivity contribution in [3.05, 3.63) is 59.7 Å². The topological polar surface area (TPSA) is 93.2 Å². The summed E-state index contributed by atoms with van der Waals surface area (Å²) in [5.41, 5.74) is 0.353. The molecule has 5 aliphatic rings. The Labute approximate surface area is 307 Å². The number of terminal acetylenes is 1. The van der Waals surface area contributed by atoms with Crippen LogP contribution < -0.4 is 14.4 Å². The van der Waals surface area contributed by atoms with E-state index in [9.17, 15) is 4.79 Å². The summed E-state index contributed by atoms with van der Waals surface area (Å²) < 4.78 is 51.5. The minimum Gasteiger partial charge on any atom is -0.472 e. The molecule has 1 unspecified atom stereocenters. The molecule has 1 amide bonds. The third kappa shape index (κ3) is 5.14. The highest BCUT2D eigenvalue weighted by atomic mass is 19.1. The number of carbonyl (C=O) groups excluding carboxylic acids is 1. The molecule has 2 aromatic carbocycles. The number of ether oxygens (including phenoxy) is 3. The van der Waals surface area contributed by atoms with Gasteiger partial charge in [0.1, 0.15) is 46.5 Å². The van der Waals surface area contributed by atoms with Gasteiger partial charge in [-0.25, -0.2) is 18.6 Å². The van der Waals surface area contributed by atoms with Crippen molar-refractivity contribution in [1.82, 2.24) is 24.8 Å². The van der Waals surface area contributed by atoms with Gasteiger partial charge in [-0.15, -0.1) is 6.42 Å². The van der Waals surface area contributed by atoms with Gasteiger partial charge in [-0.1, -0.05) is 42.3 Å². The molecule has 274 valence electrons. The fraction of sp³-hybridized carbons (Fsp3) is 0.463. The quantitative estimate of drug-likeness (QED) is 0.163. The number of fused-ring (bicyclic) bond motifs is 7. The Balaban J connectivity index is 1.22. The molecule has 4 saturated heterocycles. The lowest BCUT2D eigenvalue weighted by atomic mass is 9.91. The summed E-state index contributed by atoms with van der Waals surface area (Å²) in [4.78, 5) is 34.6. The molecule has 53 heavy (non-hydrogen) atoms. The summed E-state index contributed by atoms with van der Waals surface area (Å²) >= 11 is 0. The molecule has 5 aliphatic heterocycles. The van der Waals surface area contributed by atoms with E-state index >= 15 is 8.78 Å². The maximum atomic E-state index is 17.4. The van der Waals surface area contributed by atoms with Crippen LogP contribution in [0.3, 0.4) is 0 Å². The minimum absolute atomic E-state index is 0.0134. The van der Waals surface area contributed by atoms with E-state index in [1.165, 1.54) is 6.07 Å². The molecular formula is C41H42F2N6O4. The number of anilines is 1. The fourth-order valence-corrected chi connectivity index (χ4v) is 9.57. The maximum Gasteiger partial charge on any atom is 0.410 e. The summed E-state index contributed by atoms with van der Waals surface area (Å²) in [5.74, 6) is 1.72. The van der Waals surface area contributed by atoms with Crippen molar-refractivity contribution >= 4 is 33.6 Å². The van der Waals surface area contributed by atoms with Crippen LogP contribution >= 0.6 is 0 Å². The first-order valence-electron chi connectivity index (χ1n) is 18.5. The van der Waals surface area contributed by atoms with Crippen LogP contribution in [-0.4, -0.2) is 92.5 Å². The van der Waals surface area contributed by atoms with Crippen molar-refractivity contribution in [3.63, 3.8) is 0 Å². The second-order valence-electron chi connectivity index (χ2n) is 16.0. The lowest BCUT2D eigenvalue weighted by Crippen LogP contribution is -2.65. The SMILES string of the molecule is C#Cc1c(F)ccc2cccc(-c3nc4c5c(nc(OCC67CCCN6CCC7=C)nc5c3F)N3C[C@H]5CC[C@@H]([C@H]3[C@H](C)O4)N5C(=O)OC(C)(C)C)c12. The minimum atomic E-state index is -0.729. The monoisotopic (exact) mass is 720 g/mol. The number of nitrogens with zero attached hydrogens (tertiary/aromatic N) is 6. The van der Waals surface area contributed by atoms with E-state index in [2.05, 4.69) is 22.3 Å². The van der Waals surface area contributed by atoms with Gasteiger partial charge in [0.2, 0.25) is 5.88 Å². The Kier molecular flexibility index (Phi) is 7.65. The molecule has 4 fully saturated rings. The van der Waals surface area contributed by atoms with Crippen LogP contribution in [0, 0.1) is 24.0 Å². The first-order chi connectivity index (χ1) is 25.4. The average Bonchev–Trinajstić information content (AvgIpc) is 3.75. The molecule has 9 rings (SSSR count). The van der Waals surface area contributed by atoms with Crippen LogP contribution in [0.5, 0.6) is 11.9 Å². The number of piperazine rings is 1. The first-order valence-corrected chi connectivity index (χ1v) is 18.5. The van der Waals surface area contributed by atoms with Crippen LogP contribution in [0.2, 0.25) is 0 Å². The maximum absolute atomic E-state index is 17.4. The number of rotatable bonds is 4. The molecule has 2 aromatic heterocycles. The number of pyridine rings is 1. The van der Waals surface area contributed by atoms with Crippen molar-refractivity contribution in [2.24, 2.45) is 0 Å². The Bertz CT molecular complexity index is 2270. The molecule has 0 aliphatic carbocycles. The molecule has 0 N–H and O–H groups in total. The van der Waals surface area contributed by atoms with Crippen LogP contribution in [-0.2, 0) is 4.74 Å². The molecule has 2 bridgehead atoms. The van der Waals surface area contributed by atoms with Crippen LogP contribution in [0.1, 0.15) is 65.4 Å². The predicted octanol–water partition coefficient (Wildman–Crippen LogP) is 7.02. The molecule has 4 aromatic rings. The van der Waals surface area contributed by atoms with E-state index in [1.807, 2.05) is 32.6 Å². The summed E-state index contributed by atoms with van der Waals surface area (Å²) in [6, 6.07) is 7.37. The normalized spacial score (nSPS) is 26.3. The molecule has 0 saturated carbocycles. The lowest BCUT2D eigenvalue weighted by molar-refractivity contribution is 0.000938. The smallest absolute Gasteiger partial charge is 0.410 e. The number of aromatic nitrogens is 3. The zero-order chi connectivity index (χ0) is 37.0. The van der Waals surface area contributed by atoms with Crippen LogP contribution in [0.15, 0.2) is 42.5 Å². The van der Waals surface area contributed by atoms with Gasteiger partial charge in [-0.3, -0.25) is 9.80 Å². The summed E-state index contributed by atoms with van der Waals surface area (Å²) in [6.07, 6.45) is 9.28. The lowest BCUT2D eigenvalue weighted by Gasteiger charge is -2.48. The zero-order valence-electron chi connectivity index (χ0n) is 30.4.